The average Bonchev–Trinajstić information content (AvgIpc) is 2.93. The molecule has 1 saturated heterocycles. The van der Waals surface area contributed by atoms with Gasteiger partial charge < -0.3 is 10.0 Å². The number of nitrogens with zero attached hydrogens (tertiary/aromatic N) is 5. The number of carbonyl (C=O) groups excluding carboxylic acids is 1. The van der Waals surface area contributed by atoms with Crippen molar-refractivity contribution in [3.05, 3.63) is 84.2 Å². The normalized spacial score (nSPS) is 16.3. The third-order valence-corrected chi connectivity index (χ3v) is 8.53. The number of piperazine rings is 1. The van der Waals surface area contributed by atoms with Gasteiger partial charge in [0.2, 0.25) is 15.8 Å². The van der Waals surface area contributed by atoms with Crippen LogP contribution in [0.1, 0.15) is 17.0 Å². The van der Waals surface area contributed by atoms with Crippen LogP contribution in [0.5, 0.6) is 0 Å². The first-order chi connectivity index (χ1) is 17.9. The number of aliphatic hydroxyl groups is 1. The molecule has 38 heavy (non-hydrogen) atoms. The zero-order valence-corrected chi connectivity index (χ0v) is 22.5. The lowest BCUT2D eigenvalue weighted by Crippen LogP contribution is -2.56. The summed E-state index contributed by atoms with van der Waals surface area (Å²) in [4.78, 5) is 27.5. The Morgan fingerprint density at radius 2 is 1.66 bits per heavy atom. The molecule has 4 aromatic rings. The highest BCUT2D eigenvalue weighted by Gasteiger charge is 2.37. The van der Waals surface area contributed by atoms with Crippen molar-refractivity contribution >= 4 is 50.7 Å². The number of pyridine rings is 1. The van der Waals surface area contributed by atoms with Gasteiger partial charge >= 0.3 is 0 Å². The van der Waals surface area contributed by atoms with Crippen molar-refractivity contribution in [1.82, 2.24) is 24.2 Å². The molecule has 0 spiro atoms. The van der Waals surface area contributed by atoms with E-state index >= 15 is 0 Å². The first-order valence-electron chi connectivity index (χ1n) is 11.7. The number of halogens is 2. The van der Waals surface area contributed by atoms with Gasteiger partial charge in [0, 0.05) is 67.7 Å². The maximum Gasteiger partial charge on any atom is 0.291 e. The largest absolute Gasteiger partial charge is 0.396 e. The van der Waals surface area contributed by atoms with E-state index in [1.807, 2.05) is 12.1 Å². The fourth-order valence-corrected chi connectivity index (χ4v) is 6.16. The van der Waals surface area contributed by atoms with Gasteiger partial charge in [0.15, 0.2) is 0 Å². The maximum absolute atomic E-state index is 13.5. The first-order valence-corrected chi connectivity index (χ1v) is 13.5. The Hall–Kier alpha value is -3.15. The van der Waals surface area contributed by atoms with Crippen LogP contribution in [0, 0.1) is 0 Å². The lowest BCUT2D eigenvalue weighted by molar-refractivity contribution is 0.0507. The van der Waals surface area contributed by atoms with Crippen molar-refractivity contribution in [3.8, 4) is 11.1 Å². The molecule has 198 valence electrons. The average molecular weight is 574 g/mol. The molecule has 0 aliphatic carbocycles. The van der Waals surface area contributed by atoms with E-state index in [-0.39, 0.29) is 55.8 Å². The van der Waals surface area contributed by atoms with Crippen molar-refractivity contribution in [2.45, 2.75) is 17.4 Å². The monoisotopic (exact) mass is 573 g/mol. The van der Waals surface area contributed by atoms with Crippen molar-refractivity contribution in [1.29, 1.82) is 0 Å². The first kappa shape index (κ1) is 27.9. The fraction of sp³-hybridized carbons (Fsp3) is 0.231. The molecule has 12 heteroatoms. The highest BCUT2D eigenvalue weighted by atomic mass is 35.5. The maximum atomic E-state index is 13.5. The molecule has 9 nitrogen and oxygen atoms in total. The van der Waals surface area contributed by atoms with Crippen LogP contribution >= 0.6 is 24.0 Å². The van der Waals surface area contributed by atoms with E-state index in [2.05, 4.69) is 15.0 Å². The summed E-state index contributed by atoms with van der Waals surface area (Å²) in [6.07, 6.45) is 6.70. The van der Waals surface area contributed by atoms with E-state index in [0.717, 1.165) is 21.9 Å². The summed E-state index contributed by atoms with van der Waals surface area (Å²) >= 11 is 6.04. The number of benzene rings is 2. The minimum Gasteiger partial charge on any atom is -0.396 e. The Balaban J connectivity index is 0.00000336. The molecule has 1 N–H and O–H groups in total. The number of rotatable bonds is 6. The Morgan fingerprint density at radius 3 is 2.37 bits per heavy atom. The van der Waals surface area contributed by atoms with Crippen LogP contribution in [0.25, 0.3) is 21.9 Å². The minimum absolute atomic E-state index is 0. The third kappa shape index (κ3) is 5.64. The minimum atomic E-state index is -3.82. The van der Waals surface area contributed by atoms with Gasteiger partial charge in [0.05, 0.1) is 4.90 Å². The number of hydrogen-bond donors (Lipinski definition) is 1. The zero-order valence-electron chi connectivity index (χ0n) is 20.1. The van der Waals surface area contributed by atoms with Crippen LogP contribution in [0.4, 0.5) is 0 Å². The molecule has 3 heterocycles. The summed E-state index contributed by atoms with van der Waals surface area (Å²) in [5.74, 6) is -0.385. The molecule has 2 aromatic carbocycles. The quantitative estimate of drug-likeness (QED) is 0.374. The number of hydrogen-bond acceptors (Lipinski definition) is 7. The third-order valence-electron chi connectivity index (χ3n) is 6.44. The molecular weight excluding hydrogens is 549 g/mol. The van der Waals surface area contributed by atoms with E-state index in [1.54, 1.807) is 66.1 Å². The SMILES string of the molecule is Cl.O=C(c1ncc(-c2ccncc2)cn1)N1CCN(S(=O)(=O)c2ccc3cc(Cl)ccc3c2)CC1CCO. The molecule has 1 aliphatic rings. The second-order valence-electron chi connectivity index (χ2n) is 8.71. The molecule has 0 bridgehead atoms. The Morgan fingerprint density at radius 1 is 0.974 bits per heavy atom. The standard InChI is InChI=1S/C26H24ClN5O4S.ClH/c27-22-3-1-20-14-24(4-2-19(20)13-22)37(35,36)31-10-11-32(23(17-31)7-12-33)26(34)25-29-15-21(16-30-25)18-5-8-28-9-6-18;/h1-6,8-9,13-16,23,33H,7,10-12,17H2;1H. The Labute approximate surface area is 231 Å². The van der Waals surface area contributed by atoms with Gasteiger partial charge in [0.1, 0.15) is 0 Å². The van der Waals surface area contributed by atoms with Gasteiger partial charge in [-0.15, -0.1) is 12.4 Å². The molecule has 1 aliphatic heterocycles. The predicted octanol–water partition coefficient (Wildman–Crippen LogP) is 3.66. The van der Waals surface area contributed by atoms with Crippen LogP contribution in [0.15, 0.2) is 78.2 Å². The smallest absolute Gasteiger partial charge is 0.291 e. The van der Waals surface area contributed by atoms with Crippen LogP contribution in [0.2, 0.25) is 5.02 Å². The van der Waals surface area contributed by atoms with E-state index in [1.165, 1.54) is 4.31 Å². The van der Waals surface area contributed by atoms with Crippen molar-refractivity contribution in [3.63, 3.8) is 0 Å². The summed E-state index contributed by atoms with van der Waals surface area (Å²) in [5, 5.41) is 11.8. The number of sulfonamides is 1. The molecule has 5 rings (SSSR count). The number of amides is 1. The summed E-state index contributed by atoms with van der Waals surface area (Å²) in [5.41, 5.74) is 1.63. The number of fused-ring (bicyclic) bond motifs is 1. The van der Waals surface area contributed by atoms with Gasteiger partial charge in [0.25, 0.3) is 5.91 Å². The number of aromatic nitrogens is 3. The summed E-state index contributed by atoms with van der Waals surface area (Å²) in [6, 6.07) is 13.3. The van der Waals surface area contributed by atoms with Crippen LogP contribution in [0.3, 0.4) is 0 Å². The molecule has 1 fully saturated rings. The zero-order chi connectivity index (χ0) is 26.0. The van der Waals surface area contributed by atoms with Gasteiger partial charge in [-0.1, -0.05) is 23.7 Å². The van der Waals surface area contributed by atoms with Gasteiger partial charge in [-0.3, -0.25) is 9.78 Å². The van der Waals surface area contributed by atoms with Gasteiger partial charge in [-0.05, 0) is 59.2 Å². The molecule has 0 saturated carbocycles. The second-order valence-corrected chi connectivity index (χ2v) is 11.1. The fourth-order valence-electron chi connectivity index (χ4n) is 4.47. The topological polar surface area (TPSA) is 117 Å². The highest BCUT2D eigenvalue weighted by Crippen LogP contribution is 2.27. The lowest BCUT2D eigenvalue weighted by Gasteiger charge is -2.40. The van der Waals surface area contributed by atoms with E-state index in [9.17, 15) is 18.3 Å². The molecule has 1 atom stereocenters. The van der Waals surface area contributed by atoms with Crippen molar-refractivity contribution < 1.29 is 18.3 Å². The van der Waals surface area contributed by atoms with Crippen LogP contribution < -0.4 is 0 Å². The molecule has 1 amide bonds. The predicted molar refractivity (Wildman–Crippen MR) is 147 cm³/mol. The second kappa shape index (κ2) is 11.7. The number of aliphatic hydroxyl groups excluding tert-OH is 1. The van der Waals surface area contributed by atoms with Crippen molar-refractivity contribution in [2.24, 2.45) is 0 Å². The van der Waals surface area contributed by atoms with Crippen LogP contribution in [-0.2, 0) is 10.0 Å². The van der Waals surface area contributed by atoms with E-state index in [4.69, 9.17) is 11.6 Å². The van der Waals surface area contributed by atoms with Crippen LogP contribution in [-0.4, -0.2) is 75.9 Å². The van der Waals surface area contributed by atoms with E-state index < -0.39 is 22.0 Å². The highest BCUT2D eigenvalue weighted by molar-refractivity contribution is 7.89. The van der Waals surface area contributed by atoms with E-state index in [0.29, 0.717) is 5.02 Å². The molecular formula is C26H25Cl2N5O4S. The lowest BCUT2D eigenvalue weighted by atomic mass is 10.1. The number of carbonyl (C=O) groups is 1. The van der Waals surface area contributed by atoms with Crippen molar-refractivity contribution in [2.75, 3.05) is 26.2 Å². The Bertz CT molecular complexity index is 1540. The molecule has 1 unspecified atom stereocenters. The van der Waals surface area contributed by atoms with Gasteiger partial charge in [-0.2, -0.15) is 4.31 Å². The molecule has 2 aromatic heterocycles. The summed E-state index contributed by atoms with van der Waals surface area (Å²) in [7, 11) is -3.82. The summed E-state index contributed by atoms with van der Waals surface area (Å²) < 4.78 is 28.3. The molecule has 0 radical (unpaired) electrons. The summed E-state index contributed by atoms with van der Waals surface area (Å²) in [6.45, 7) is 0.133. The Kier molecular flexibility index (Phi) is 8.59. The van der Waals surface area contributed by atoms with Gasteiger partial charge in [-0.25, -0.2) is 18.4 Å².